The number of hydrogen-bond acceptors (Lipinski definition) is 4. The standard InChI is InChI=1S/C19H24F3N3O3/c20-19(21,22)15-28-18(27)23-9-8-17(26)25-13-11-24(12-14-25)10-4-7-16-5-2-1-3-6-16/h1-7H,8-15H2,(H,23,27)/b7-4+. The SMILES string of the molecule is O=C(NCCC(=O)N1CCN(C/C=C/c2ccccc2)CC1)OCC(F)(F)F. The molecule has 0 atom stereocenters. The number of rotatable bonds is 7. The second-order valence-electron chi connectivity index (χ2n) is 6.36. The molecule has 1 heterocycles. The Kier molecular flexibility index (Phi) is 8.31. The number of hydrogen-bond donors (Lipinski definition) is 1. The smallest absolute Gasteiger partial charge is 0.422 e. The third-order valence-electron chi connectivity index (χ3n) is 4.17. The van der Waals surface area contributed by atoms with Crippen molar-refractivity contribution < 1.29 is 27.5 Å². The first-order valence-corrected chi connectivity index (χ1v) is 9.02. The van der Waals surface area contributed by atoms with E-state index in [0.717, 1.165) is 25.2 Å². The Hall–Kier alpha value is -2.55. The van der Waals surface area contributed by atoms with E-state index in [0.29, 0.717) is 13.1 Å². The van der Waals surface area contributed by atoms with E-state index in [1.807, 2.05) is 30.3 Å². The van der Waals surface area contributed by atoms with Gasteiger partial charge in [0.1, 0.15) is 0 Å². The highest BCUT2D eigenvalue weighted by molar-refractivity contribution is 5.77. The van der Waals surface area contributed by atoms with Gasteiger partial charge in [0.2, 0.25) is 5.91 Å². The summed E-state index contributed by atoms with van der Waals surface area (Å²) in [6.07, 6.45) is -1.58. The van der Waals surface area contributed by atoms with Crippen molar-refractivity contribution in [1.82, 2.24) is 15.1 Å². The summed E-state index contributed by atoms with van der Waals surface area (Å²) < 4.78 is 39.8. The van der Waals surface area contributed by atoms with Gasteiger partial charge < -0.3 is 15.0 Å². The Morgan fingerprint density at radius 3 is 2.43 bits per heavy atom. The molecular weight excluding hydrogens is 375 g/mol. The average Bonchev–Trinajstić information content (AvgIpc) is 2.67. The maximum Gasteiger partial charge on any atom is 0.422 e. The van der Waals surface area contributed by atoms with Gasteiger partial charge in [-0.2, -0.15) is 13.2 Å². The van der Waals surface area contributed by atoms with Gasteiger partial charge >= 0.3 is 12.3 Å². The van der Waals surface area contributed by atoms with Gasteiger partial charge in [-0.3, -0.25) is 9.69 Å². The van der Waals surface area contributed by atoms with E-state index in [9.17, 15) is 22.8 Å². The largest absolute Gasteiger partial charge is 0.440 e. The fourth-order valence-corrected chi connectivity index (χ4v) is 2.71. The van der Waals surface area contributed by atoms with Crippen molar-refractivity contribution in [3.8, 4) is 0 Å². The van der Waals surface area contributed by atoms with Crippen LogP contribution >= 0.6 is 0 Å². The number of nitrogens with one attached hydrogen (secondary N) is 1. The lowest BCUT2D eigenvalue weighted by Crippen LogP contribution is -2.49. The lowest BCUT2D eigenvalue weighted by Gasteiger charge is -2.34. The van der Waals surface area contributed by atoms with E-state index in [-0.39, 0.29) is 18.9 Å². The van der Waals surface area contributed by atoms with E-state index in [4.69, 9.17) is 0 Å². The third kappa shape index (κ3) is 8.43. The van der Waals surface area contributed by atoms with Gasteiger partial charge in [-0.25, -0.2) is 4.79 Å². The molecule has 0 unspecified atom stereocenters. The van der Waals surface area contributed by atoms with Crippen molar-refractivity contribution in [3.05, 3.63) is 42.0 Å². The Labute approximate surface area is 161 Å². The number of carbonyl (C=O) groups is 2. The highest BCUT2D eigenvalue weighted by Gasteiger charge is 2.29. The maximum atomic E-state index is 12.1. The van der Waals surface area contributed by atoms with Crippen LogP contribution in [0.4, 0.5) is 18.0 Å². The number of carbonyl (C=O) groups excluding carboxylic acids is 2. The van der Waals surface area contributed by atoms with Crippen LogP contribution in [-0.4, -0.2) is 73.9 Å². The van der Waals surface area contributed by atoms with Gasteiger partial charge in [0.15, 0.2) is 6.61 Å². The minimum absolute atomic E-state index is 0.0228. The third-order valence-corrected chi connectivity index (χ3v) is 4.17. The number of nitrogens with zero attached hydrogens (tertiary/aromatic N) is 2. The summed E-state index contributed by atoms with van der Waals surface area (Å²) >= 11 is 0. The molecule has 1 fully saturated rings. The molecule has 154 valence electrons. The molecule has 0 bridgehead atoms. The van der Waals surface area contributed by atoms with E-state index in [1.54, 1.807) is 4.90 Å². The van der Waals surface area contributed by atoms with Crippen LogP contribution in [0.1, 0.15) is 12.0 Å². The number of halogens is 3. The summed E-state index contributed by atoms with van der Waals surface area (Å²) in [4.78, 5) is 27.2. The average molecular weight is 399 g/mol. The van der Waals surface area contributed by atoms with Crippen molar-refractivity contribution in [2.75, 3.05) is 45.9 Å². The van der Waals surface area contributed by atoms with Gasteiger partial charge in [-0.1, -0.05) is 42.5 Å². The van der Waals surface area contributed by atoms with E-state index in [1.165, 1.54) is 0 Å². The topological polar surface area (TPSA) is 61.9 Å². The van der Waals surface area contributed by atoms with Crippen LogP contribution in [0.5, 0.6) is 0 Å². The van der Waals surface area contributed by atoms with Gasteiger partial charge in [0.25, 0.3) is 0 Å². The normalized spacial score (nSPS) is 15.6. The molecule has 0 aromatic heterocycles. The zero-order valence-corrected chi connectivity index (χ0v) is 15.5. The molecule has 1 aliphatic rings. The van der Waals surface area contributed by atoms with Crippen LogP contribution in [0.3, 0.4) is 0 Å². The van der Waals surface area contributed by atoms with Crippen LogP contribution < -0.4 is 5.32 Å². The molecule has 6 nitrogen and oxygen atoms in total. The van der Waals surface area contributed by atoms with Gasteiger partial charge in [0.05, 0.1) is 0 Å². The minimum Gasteiger partial charge on any atom is -0.440 e. The van der Waals surface area contributed by atoms with E-state index < -0.39 is 18.9 Å². The second-order valence-corrected chi connectivity index (χ2v) is 6.36. The highest BCUT2D eigenvalue weighted by Crippen LogP contribution is 2.14. The molecule has 9 heteroatoms. The quantitative estimate of drug-likeness (QED) is 0.766. The van der Waals surface area contributed by atoms with Crippen molar-refractivity contribution in [3.63, 3.8) is 0 Å². The number of amides is 2. The molecule has 0 spiro atoms. The molecule has 28 heavy (non-hydrogen) atoms. The Bertz CT molecular complexity index is 657. The van der Waals surface area contributed by atoms with Crippen molar-refractivity contribution in [1.29, 1.82) is 0 Å². The predicted molar refractivity (Wildman–Crippen MR) is 98.5 cm³/mol. The first kappa shape index (κ1) is 21.7. The lowest BCUT2D eigenvalue weighted by molar-refractivity contribution is -0.160. The molecule has 0 saturated carbocycles. The summed E-state index contributed by atoms with van der Waals surface area (Å²) in [7, 11) is 0. The molecule has 2 rings (SSSR count). The van der Waals surface area contributed by atoms with Crippen LogP contribution in [-0.2, 0) is 9.53 Å². The molecular formula is C19H24F3N3O3. The number of piperazine rings is 1. The molecule has 0 radical (unpaired) electrons. The maximum absolute atomic E-state index is 12.1. The number of alkyl halides is 3. The Morgan fingerprint density at radius 2 is 1.79 bits per heavy atom. The monoisotopic (exact) mass is 399 g/mol. The summed E-state index contributed by atoms with van der Waals surface area (Å²) in [5, 5.41) is 2.15. The second kappa shape index (κ2) is 10.7. The molecule has 1 aromatic carbocycles. The summed E-state index contributed by atoms with van der Waals surface area (Å²) in [6.45, 7) is 1.73. The molecule has 1 aliphatic heterocycles. The number of benzene rings is 1. The molecule has 1 aromatic rings. The summed E-state index contributed by atoms with van der Waals surface area (Å²) in [6, 6.07) is 9.98. The van der Waals surface area contributed by atoms with Gasteiger partial charge in [-0.05, 0) is 5.56 Å². The van der Waals surface area contributed by atoms with Crippen molar-refractivity contribution in [2.24, 2.45) is 0 Å². The van der Waals surface area contributed by atoms with Crippen LogP contribution in [0.25, 0.3) is 6.08 Å². The molecule has 1 saturated heterocycles. The lowest BCUT2D eigenvalue weighted by atomic mass is 10.2. The zero-order chi connectivity index (χ0) is 20.4. The first-order valence-electron chi connectivity index (χ1n) is 9.02. The highest BCUT2D eigenvalue weighted by atomic mass is 19.4. The van der Waals surface area contributed by atoms with Crippen molar-refractivity contribution >= 4 is 18.1 Å². The summed E-state index contributed by atoms with van der Waals surface area (Å²) in [5.74, 6) is -0.143. The van der Waals surface area contributed by atoms with Crippen LogP contribution in [0, 0.1) is 0 Å². The van der Waals surface area contributed by atoms with Crippen LogP contribution in [0.2, 0.25) is 0 Å². The Balaban J connectivity index is 1.60. The van der Waals surface area contributed by atoms with Crippen LogP contribution in [0.15, 0.2) is 36.4 Å². The molecule has 0 aliphatic carbocycles. The minimum atomic E-state index is -4.57. The van der Waals surface area contributed by atoms with Gasteiger partial charge in [-0.15, -0.1) is 0 Å². The van der Waals surface area contributed by atoms with Crippen molar-refractivity contribution in [2.45, 2.75) is 12.6 Å². The number of ether oxygens (including phenoxy) is 1. The molecule has 1 N–H and O–H groups in total. The predicted octanol–water partition coefficient (Wildman–Crippen LogP) is 2.52. The first-order chi connectivity index (χ1) is 13.3. The fraction of sp³-hybridized carbons (Fsp3) is 0.474. The summed E-state index contributed by atoms with van der Waals surface area (Å²) in [5.41, 5.74) is 1.14. The van der Waals surface area contributed by atoms with E-state index in [2.05, 4.69) is 27.1 Å². The van der Waals surface area contributed by atoms with E-state index >= 15 is 0 Å². The fourth-order valence-electron chi connectivity index (χ4n) is 2.71. The number of alkyl carbamates (subject to hydrolysis) is 1. The Morgan fingerprint density at radius 1 is 1.11 bits per heavy atom. The van der Waals surface area contributed by atoms with Gasteiger partial charge in [0, 0.05) is 45.7 Å². The zero-order valence-electron chi connectivity index (χ0n) is 15.5. The molecule has 2 amide bonds.